The van der Waals surface area contributed by atoms with Crippen LogP contribution in [0.25, 0.3) is 0 Å². The van der Waals surface area contributed by atoms with E-state index < -0.39 is 0 Å². The Morgan fingerprint density at radius 2 is 1.93 bits per heavy atom. The molecule has 0 aromatic carbocycles. The number of rotatable bonds is 1. The van der Waals surface area contributed by atoms with E-state index in [1.807, 2.05) is 0 Å². The van der Waals surface area contributed by atoms with E-state index in [0.29, 0.717) is 22.9 Å². The van der Waals surface area contributed by atoms with Gasteiger partial charge in [0.15, 0.2) is 0 Å². The molecule has 1 heterocycles. The number of hydrogen-bond acceptors (Lipinski definition) is 1. The summed E-state index contributed by atoms with van der Waals surface area (Å²) in [6, 6.07) is 1.32. The first-order valence-electron chi connectivity index (χ1n) is 6.28. The predicted octanol–water partition coefficient (Wildman–Crippen LogP) is 3.42. The molecule has 2 fully saturated rings. The number of alkyl halides is 1. The fourth-order valence-electron chi connectivity index (χ4n) is 3.57. The Labute approximate surface area is 99.0 Å². The van der Waals surface area contributed by atoms with Crippen molar-refractivity contribution < 1.29 is 0 Å². The molecule has 1 aliphatic carbocycles. The summed E-state index contributed by atoms with van der Waals surface area (Å²) in [5, 5.41) is 4.17. The van der Waals surface area contributed by atoms with E-state index in [9.17, 15) is 0 Å². The van der Waals surface area contributed by atoms with Gasteiger partial charge in [0.2, 0.25) is 0 Å². The summed E-state index contributed by atoms with van der Waals surface area (Å²) in [5.74, 6) is 1.56. The zero-order chi connectivity index (χ0) is 11.2. The van der Waals surface area contributed by atoms with Crippen LogP contribution >= 0.6 is 11.6 Å². The van der Waals surface area contributed by atoms with E-state index in [1.54, 1.807) is 0 Å². The van der Waals surface area contributed by atoms with Crippen LogP contribution in [0.15, 0.2) is 0 Å². The third-order valence-corrected chi connectivity index (χ3v) is 4.61. The van der Waals surface area contributed by atoms with Crippen LogP contribution in [0.2, 0.25) is 0 Å². The van der Waals surface area contributed by atoms with Crippen molar-refractivity contribution in [2.24, 2.45) is 17.3 Å². The van der Waals surface area contributed by atoms with Crippen molar-refractivity contribution in [2.45, 2.75) is 64.4 Å². The van der Waals surface area contributed by atoms with Crippen molar-refractivity contribution >= 4 is 11.6 Å². The zero-order valence-corrected chi connectivity index (χ0v) is 11.1. The third kappa shape index (κ3) is 2.34. The van der Waals surface area contributed by atoms with Crippen molar-refractivity contribution in [1.29, 1.82) is 0 Å². The lowest BCUT2D eigenvalue weighted by Crippen LogP contribution is -2.36. The van der Waals surface area contributed by atoms with Gasteiger partial charge in [0.1, 0.15) is 0 Å². The van der Waals surface area contributed by atoms with Crippen molar-refractivity contribution in [1.82, 2.24) is 5.32 Å². The summed E-state index contributed by atoms with van der Waals surface area (Å²) >= 11 is 6.46. The van der Waals surface area contributed by atoms with Crippen LogP contribution in [0, 0.1) is 17.3 Å². The first-order chi connectivity index (χ1) is 6.88. The average molecular weight is 230 g/mol. The Morgan fingerprint density at radius 3 is 2.53 bits per heavy atom. The molecule has 0 aromatic heterocycles. The van der Waals surface area contributed by atoms with Crippen LogP contribution in [-0.4, -0.2) is 17.5 Å². The van der Waals surface area contributed by atoms with Crippen LogP contribution in [0.4, 0.5) is 0 Å². The second kappa shape index (κ2) is 3.92. The monoisotopic (exact) mass is 229 g/mol. The topological polar surface area (TPSA) is 12.0 Å². The molecule has 0 spiro atoms. The molecular weight excluding hydrogens is 206 g/mol. The molecule has 1 saturated carbocycles. The second-order valence-corrected chi connectivity index (χ2v) is 7.22. The Kier molecular flexibility index (Phi) is 3.07. The van der Waals surface area contributed by atoms with Gasteiger partial charge in [-0.2, -0.15) is 0 Å². The standard InChI is InChI=1S/C13H24ClN/c1-8-9-5-6-10(14)12(9)11(15-8)7-13(2,3)4/h8-12,15H,5-7H2,1-4H3. The molecule has 0 amide bonds. The van der Waals surface area contributed by atoms with Crippen LogP contribution in [0.3, 0.4) is 0 Å². The van der Waals surface area contributed by atoms with Crippen LogP contribution in [0.1, 0.15) is 47.0 Å². The van der Waals surface area contributed by atoms with Crippen molar-refractivity contribution in [2.75, 3.05) is 0 Å². The molecule has 5 atom stereocenters. The molecule has 15 heavy (non-hydrogen) atoms. The van der Waals surface area contributed by atoms with Crippen LogP contribution in [-0.2, 0) is 0 Å². The number of fused-ring (bicyclic) bond motifs is 1. The molecular formula is C13H24ClN. The average Bonchev–Trinajstić information content (AvgIpc) is 2.54. The summed E-state index contributed by atoms with van der Waals surface area (Å²) in [7, 11) is 0. The lowest BCUT2D eigenvalue weighted by molar-refractivity contribution is 0.280. The summed E-state index contributed by atoms with van der Waals surface area (Å²) in [5.41, 5.74) is 0.408. The quantitative estimate of drug-likeness (QED) is 0.680. The van der Waals surface area contributed by atoms with Gasteiger partial charge in [0.25, 0.3) is 0 Å². The Morgan fingerprint density at radius 1 is 1.27 bits per heavy atom. The number of nitrogens with one attached hydrogen (secondary N) is 1. The van der Waals surface area contributed by atoms with Gasteiger partial charge >= 0.3 is 0 Å². The van der Waals surface area contributed by atoms with Gasteiger partial charge in [0, 0.05) is 17.5 Å². The number of hydrogen-bond donors (Lipinski definition) is 1. The van der Waals surface area contributed by atoms with Gasteiger partial charge in [-0.25, -0.2) is 0 Å². The first kappa shape index (κ1) is 11.7. The molecule has 2 heteroatoms. The highest BCUT2D eigenvalue weighted by atomic mass is 35.5. The highest BCUT2D eigenvalue weighted by molar-refractivity contribution is 6.21. The summed E-state index contributed by atoms with van der Waals surface area (Å²) in [6.07, 6.45) is 3.80. The van der Waals surface area contributed by atoms with E-state index in [1.165, 1.54) is 19.3 Å². The van der Waals surface area contributed by atoms with Crippen molar-refractivity contribution in [3.05, 3.63) is 0 Å². The molecule has 2 aliphatic rings. The van der Waals surface area contributed by atoms with Gasteiger partial charge in [-0.05, 0) is 43.4 Å². The minimum absolute atomic E-state index is 0.408. The van der Waals surface area contributed by atoms with Gasteiger partial charge in [-0.1, -0.05) is 20.8 Å². The van der Waals surface area contributed by atoms with Crippen LogP contribution in [0.5, 0.6) is 0 Å². The minimum Gasteiger partial charge on any atom is -0.311 e. The molecule has 0 radical (unpaired) electrons. The van der Waals surface area contributed by atoms with Crippen molar-refractivity contribution in [3.8, 4) is 0 Å². The predicted molar refractivity (Wildman–Crippen MR) is 66.3 cm³/mol. The lowest BCUT2D eigenvalue weighted by Gasteiger charge is -2.28. The maximum absolute atomic E-state index is 6.46. The third-order valence-electron chi connectivity index (χ3n) is 4.10. The van der Waals surface area contributed by atoms with E-state index >= 15 is 0 Å². The Balaban J connectivity index is 2.07. The molecule has 0 aromatic rings. The molecule has 2 rings (SSSR count). The fraction of sp³-hybridized carbons (Fsp3) is 1.00. The van der Waals surface area contributed by atoms with Crippen LogP contribution < -0.4 is 5.32 Å². The molecule has 1 saturated heterocycles. The molecule has 5 unspecified atom stereocenters. The molecule has 88 valence electrons. The molecule has 1 nitrogen and oxygen atoms in total. The lowest BCUT2D eigenvalue weighted by atomic mass is 9.81. The number of halogens is 1. The van der Waals surface area contributed by atoms with E-state index in [-0.39, 0.29) is 0 Å². The highest BCUT2D eigenvalue weighted by Gasteiger charge is 2.48. The Bertz CT molecular complexity index is 233. The smallest absolute Gasteiger partial charge is 0.0382 e. The maximum atomic E-state index is 6.46. The highest BCUT2D eigenvalue weighted by Crippen LogP contribution is 2.46. The van der Waals surface area contributed by atoms with Gasteiger partial charge in [0.05, 0.1) is 0 Å². The van der Waals surface area contributed by atoms with Crippen molar-refractivity contribution in [3.63, 3.8) is 0 Å². The molecule has 1 aliphatic heterocycles. The van der Waals surface area contributed by atoms with Gasteiger partial charge < -0.3 is 5.32 Å². The SMILES string of the molecule is CC1NC(CC(C)(C)C)C2C(Cl)CCC12. The zero-order valence-electron chi connectivity index (χ0n) is 10.4. The normalized spacial score (nSPS) is 45.8. The van der Waals surface area contributed by atoms with E-state index in [0.717, 1.165) is 11.8 Å². The second-order valence-electron chi connectivity index (χ2n) is 6.66. The minimum atomic E-state index is 0.408. The maximum Gasteiger partial charge on any atom is 0.0382 e. The molecule has 1 N–H and O–H groups in total. The largest absolute Gasteiger partial charge is 0.311 e. The van der Waals surface area contributed by atoms with Gasteiger partial charge in [-0.15, -0.1) is 11.6 Å². The fourth-order valence-corrected chi connectivity index (χ4v) is 4.05. The first-order valence-corrected chi connectivity index (χ1v) is 6.72. The summed E-state index contributed by atoms with van der Waals surface area (Å²) in [4.78, 5) is 0. The summed E-state index contributed by atoms with van der Waals surface area (Å²) < 4.78 is 0. The van der Waals surface area contributed by atoms with E-state index in [2.05, 4.69) is 33.0 Å². The summed E-state index contributed by atoms with van der Waals surface area (Å²) in [6.45, 7) is 9.30. The molecule has 0 bridgehead atoms. The van der Waals surface area contributed by atoms with E-state index in [4.69, 9.17) is 11.6 Å². The Hall–Kier alpha value is 0.250. The van der Waals surface area contributed by atoms with Gasteiger partial charge in [-0.3, -0.25) is 0 Å².